The van der Waals surface area contributed by atoms with Crippen molar-refractivity contribution in [2.75, 3.05) is 0 Å². The third-order valence-electron chi connectivity index (χ3n) is 2.90. The number of aliphatic hydroxyl groups excluding tert-OH is 1. The number of Topliss-reactive ketones (excluding diaryl/α,β-unsaturated/α-hetero) is 1. The van der Waals surface area contributed by atoms with Crippen molar-refractivity contribution < 1.29 is 62.6 Å². The first kappa shape index (κ1) is 29.0. The minimum atomic E-state index is -4.49. The normalized spacial score (nSPS) is 13.4. The number of alkyl halides is 12. The van der Waals surface area contributed by atoms with Gasteiger partial charge in [0.2, 0.25) is 0 Å². The second-order valence-electron chi connectivity index (χ2n) is 5.73. The standard InChI is InChI=1S/C7H10F6O.C7H8F6O/c2*8-6(9,10)3-1-5(14)2-4-7(11,12)13/h5,14H,1-4H2;1-4H2. The highest BCUT2D eigenvalue weighted by Gasteiger charge is 2.32. The van der Waals surface area contributed by atoms with Crippen LogP contribution in [-0.4, -0.2) is 41.7 Å². The van der Waals surface area contributed by atoms with Gasteiger partial charge in [0, 0.05) is 25.7 Å². The van der Waals surface area contributed by atoms with Crippen molar-refractivity contribution in [3.8, 4) is 0 Å². The third kappa shape index (κ3) is 27.0. The Morgan fingerprint density at radius 2 is 0.821 bits per heavy atom. The molecular formula is C14H18F12O2. The van der Waals surface area contributed by atoms with Crippen LogP contribution in [0.3, 0.4) is 0 Å². The monoisotopic (exact) mass is 446 g/mol. The Bertz CT molecular complexity index is 396. The van der Waals surface area contributed by atoms with E-state index in [1.54, 1.807) is 0 Å². The lowest BCUT2D eigenvalue weighted by molar-refractivity contribution is -0.150. The first-order valence-electron chi connectivity index (χ1n) is 7.67. The molecule has 2 nitrogen and oxygen atoms in total. The van der Waals surface area contributed by atoms with Crippen LogP contribution in [0.25, 0.3) is 0 Å². The third-order valence-corrected chi connectivity index (χ3v) is 2.90. The van der Waals surface area contributed by atoms with E-state index in [0.29, 0.717) is 0 Å². The summed E-state index contributed by atoms with van der Waals surface area (Å²) in [6.07, 6.45) is -27.7. The predicted molar refractivity (Wildman–Crippen MR) is 72.2 cm³/mol. The van der Waals surface area contributed by atoms with Crippen molar-refractivity contribution in [3.63, 3.8) is 0 Å². The van der Waals surface area contributed by atoms with Gasteiger partial charge in [0.15, 0.2) is 0 Å². The SMILES string of the molecule is O=C(CCC(F)(F)F)CCC(F)(F)F.OC(CCC(F)(F)F)CCC(F)(F)F. The highest BCUT2D eigenvalue weighted by molar-refractivity contribution is 5.78. The lowest BCUT2D eigenvalue weighted by atomic mass is 10.1. The maximum atomic E-state index is 11.6. The molecule has 0 bridgehead atoms. The molecule has 28 heavy (non-hydrogen) atoms. The van der Waals surface area contributed by atoms with Gasteiger partial charge in [-0.3, -0.25) is 4.79 Å². The zero-order valence-electron chi connectivity index (χ0n) is 14.1. The van der Waals surface area contributed by atoms with Crippen LogP contribution < -0.4 is 0 Å². The molecule has 0 aromatic rings. The van der Waals surface area contributed by atoms with Gasteiger partial charge in [0.25, 0.3) is 0 Å². The molecule has 0 atom stereocenters. The number of hydrogen-bond donors (Lipinski definition) is 1. The summed E-state index contributed by atoms with van der Waals surface area (Å²) in [4.78, 5) is 10.5. The molecule has 0 aliphatic carbocycles. The molecule has 0 unspecified atom stereocenters. The maximum Gasteiger partial charge on any atom is 0.389 e. The molecule has 1 N–H and O–H groups in total. The molecule has 0 saturated heterocycles. The summed E-state index contributed by atoms with van der Waals surface area (Å²) in [6.45, 7) is 0. The Balaban J connectivity index is 0. The maximum absolute atomic E-state index is 11.6. The molecule has 0 spiro atoms. The van der Waals surface area contributed by atoms with Gasteiger partial charge in [-0.25, -0.2) is 0 Å². The summed E-state index contributed by atoms with van der Waals surface area (Å²) in [5.41, 5.74) is 0. The number of ketones is 1. The molecule has 0 aliphatic rings. The van der Waals surface area contributed by atoms with Crippen LogP contribution in [-0.2, 0) is 4.79 Å². The Labute approximate surface area is 151 Å². The summed E-state index contributed by atoms with van der Waals surface area (Å²) in [7, 11) is 0. The van der Waals surface area contributed by atoms with E-state index >= 15 is 0 Å². The highest BCUT2D eigenvalue weighted by atomic mass is 19.4. The molecule has 0 saturated carbocycles. The Hall–Kier alpha value is -1.21. The fraction of sp³-hybridized carbons (Fsp3) is 0.929. The van der Waals surface area contributed by atoms with Gasteiger partial charge in [0.05, 0.1) is 18.9 Å². The van der Waals surface area contributed by atoms with Crippen LogP contribution in [0.2, 0.25) is 0 Å². The number of hydrogen-bond acceptors (Lipinski definition) is 2. The van der Waals surface area contributed by atoms with Crippen molar-refractivity contribution in [3.05, 3.63) is 0 Å². The lowest BCUT2D eigenvalue weighted by Gasteiger charge is -2.13. The van der Waals surface area contributed by atoms with Crippen molar-refractivity contribution in [1.82, 2.24) is 0 Å². The summed E-state index contributed by atoms with van der Waals surface area (Å²) in [6, 6.07) is 0. The van der Waals surface area contributed by atoms with Crippen molar-refractivity contribution in [2.24, 2.45) is 0 Å². The predicted octanol–water partition coefficient (Wildman–Crippen LogP) is 6.27. The number of aliphatic hydroxyl groups is 1. The molecule has 0 fully saturated rings. The Morgan fingerprint density at radius 1 is 0.571 bits per heavy atom. The van der Waals surface area contributed by atoms with Crippen molar-refractivity contribution in [1.29, 1.82) is 0 Å². The molecule has 0 radical (unpaired) electrons. The molecule has 14 heteroatoms. The van der Waals surface area contributed by atoms with Gasteiger partial charge in [0.1, 0.15) is 5.78 Å². The van der Waals surface area contributed by atoms with Crippen LogP contribution in [0.1, 0.15) is 51.4 Å². The molecule has 0 heterocycles. The van der Waals surface area contributed by atoms with Gasteiger partial charge >= 0.3 is 24.7 Å². The Kier molecular flexibility index (Phi) is 12.1. The summed E-state index contributed by atoms with van der Waals surface area (Å²) >= 11 is 0. The van der Waals surface area contributed by atoms with Gasteiger partial charge < -0.3 is 5.11 Å². The first-order chi connectivity index (χ1) is 12.2. The minimum absolute atomic E-state index is 0.681. The minimum Gasteiger partial charge on any atom is -0.393 e. The zero-order chi connectivity index (χ0) is 22.8. The van der Waals surface area contributed by atoms with Crippen LogP contribution in [0, 0.1) is 0 Å². The molecule has 0 rings (SSSR count). The second kappa shape index (κ2) is 11.7. The molecule has 0 aromatic heterocycles. The number of carbonyl (C=O) groups is 1. The van der Waals surface area contributed by atoms with E-state index in [2.05, 4.69) is 0 Å². The van der Waals surface area contributed by atoms with E-state index in [0.717, 1.165) is 0 Å². The van der Waals surface area contributed by atoms with Crippen molar-refractivity contribution >= 4 is 5.78 Å². The highest BCUT2D eigenvalue weighted by Crippen LogP contribution is 2.27. The van der Waals surface area contributed by atoms with Gasteiger partial charge in [-0.15, -0.1) is 0 Å². The van der Waals surface area contributed by atoms with E-state index in [4.69, 9.17) is 5.11 Å². The van der Waals surface area contributed by atoms with E-state index in [1.165, 1.54) is 0 Å². The van der Waals surface area contributed by atoms with Crippen LogP contribution in [0.15, 0.2) is 0 Å². The van der Waals surface area contributed by atoms with Crippen LogP contribution >= 0.6 is 0 Å². The fourth-order valence-corrected chi connectivity index (χ4v) is 1.49. The molecular weight excluding hydrogens is 428 g/mol. The Morgan fingerprint density at radius 3 is 1.04 bits per heavy atom. The van der Waals surface area contributed by atoms with Gasteiger partial charge in [-0.1, -0.05) is 0 Å². The van der Waals surface area contributed by atoms with Gasteiger partial charge in [-0.2, -0.15) is 52.7 Å². The lowest BCUT2D eigenvalue weighted by Crippen LogP contribution is -2.17. The summed E-state index contributed by atoms with van der Waals surface area (Å²) < 4.78 is 138. The van der Waals surface area contributed by atoms with Crippen molar-refractivity contribution in [2.45, 2.75) is 82.2 Å². The largest absolute Gasteiger partial charge is 0.393 e. The topological polar surface area (TPSA) is 37.3 Å². The fourth-order valence-electron chi connectivity index (χ4n) is 1.49. The molecule has 0 aromatic carbocycles. The smallest absolute Gasteiger partial charge is 0.389 e. The van der Waals surface area contributed by atoms with Gasteiger partial charge in [-0.05, 0) is 12.8 Å². The summed E-state index contributed by atoms with van der Waals surface area (Å²) in [5.74, 6) is -1.01. The summed E-state index contributed by atoms with van der Waals surface area (Å²) in [5, 5.41) is 8.78. The second-order valence-corrected chi connectivity index (χ2v) is 5.73. The quantitative estimate of drug-likeness (QED) is 0.446. The van der Waals surface area contributed by atoms with E-state index in [-0.39, 0.29) is 0 Å². The van der Waals surface area contributed by atoms with E-state index < -0.39 is 88.0 Å². The number of halogens is 12. The molecule has 0 amide bonds. The number of rotatable bonds is 8. The van der Waals surface area contributed by atoms with E-state index in [9.17, 15) is 57.5 Å². The average Bonchev–Trinajstić information content (AvgIpc) is 2.44. The zero-order valence-corrected chi connectivity index (χ0v) is 14.1. The molecule has 0 aliphatic heterocycles. The van der Waals surface area contributed by atoms with E-state index in [1.807, 2.05) is 0 Å². The van der Waals surface area contributed by atoms with Crippen LogP contribution in [0.4, 0.5) is 52.7 Å². The molecule has 170 valence electrons. The average molecular weight is 446 g/mol. The van der Waals surface area contributed by atoms with Crippen LogP contribution in [0.5, 0.6) is 0 Å². The first-order valence-corrected chi connectivity index (χ1v) is 7.67. The number of carbonyl (C=O) groups excluding carboxylic acids is 1.